The summed E-state index contributed by atoms with van der Waals surface area (Å²) >= 11 is 0. The molecule has 1 atom stereocenters. The Morgan fingerprint density at radius 1 is 1.27 bits per heavy atom. The second kappa shape index (κ2) is 4.91. The van der Waals surface area contributed by atoms with Crippen molar-refractivity contribution in [2.75, 3.05) is 0 Å². The van der Waals surface area contributed by atoms with Gasteiger partial charge < -0.3 is 12.4 Å². The zero-order valence-electron chi connectivity index (χ0n) is 6.57. The van der Waals surface area contributed by atoms with Crippen molar-refractivity contribution in [3.63, 3.8) is 0 Å². The van der Waals surface area contributed by atoms with Crippen LogP contribution >= 0.6 is 0 Å². The van der Waals surface area contributed by atoms with Crippen LogP contribution in [0.3, 0.4) is 0 Å². The van der Waals surface area contributed by atoms with Gasteiger partial charge in [-0.2, -0.15) is 4.57 Å². The summed E-state index contributed by atoms with van der Waals surface area (Å²) < 4.78 is 2.10. The van der Waals surface area contributed by atoms with E-state index in [2.05, 4.69) is 18.1 Å². The lowest BCUT2D eigenvalue weighted by molar-refractivity contribution is -0.708. The van der Waals surface area contributed by atoms with Crippen LogP contribution in [-0.2, 0) is 0 Å². The number of hydrogen-bond acceptors (Lipinski definition) is 0. The molecule has 0 aliphatic heterocycles. The topological polar surface area (TPSA) is 3.88 Å². The van der Waals surface area contributed by atoms with Crippen LogP contribution in [-0.4, -0.2) is 0 Å². The summed E-state index contributed by atoms with van der Waals surface area (Å²) in [5.41, 5.74) is 0. The summed E-state index contributed by atoms with van der Waals surface area (Å²) in [7, 11) is 0. The van der Waals surface area contributed by atoms with Gasteiger partial charge in [0.15, 0.2) is 18.4 Å². The fourth-order valence-corrected chi connectivity index (χ4v) is 0.805. The highest BCUT2D eigenvalue weighted by atomic mass is 35.5. The Kier molecular flexibility index (Phi) is 4.55. The fraction of sp³-hybridized carbons (Fsp3) is 0.222. The van der Waals surface area contributed by atoms with Gasteiger partial charge in [-0.3, -0.25) is 0 Å². The molecule has 1 heterocycles. The molecule has 0 aromatic carbocycles. The smallest absolute Gasteiger partial charge is 0.173 e. The molecule has 1 aromatic rings. The summed E-state index contributed by atoms with van der Waals surface area (Å²) in [6.07, 6.45) is 5.98. The molecule has 1 unspecified atom stereocenters. The second-order valence-electron chi connectivity index (χ2n) is 2.30. The number of aromatic nitrogens is 1. The van der Waals surface area contributed by atoms with Gasteiger partial charge in [0.05, 0.1) is 0 Å². The molecular formula is C9H12ClN. The lowest BCUT2D eigenvalue weighted by Gasteiger charge is -1.97. The molecule has 1 nitrogen and oxygen atoms in total. The van der Waals surface area contributed by atoms with Crippen molar-refractivity contribution in [1.82, 2.24) is 0 Å². The highest BCUT2D eigenvalue weighted by molar-refractivity contribution is 4.85. The van der Waals surface area contributed by atoms with Crippen LogP contribution < -0.4 is 17.0 Å². The molecule has 0 saturated carbocycles. The number of hydrogen-bond donors (Lipinski definition) is 0. The highest BCUT2D eigenvalue weighted by Crippen LogP contribution is 1.92. The Bertz CT molecular complexity index is 208. The molecule has 0 N–H and O–H groups in total. The molecule has 0 bridgehead atoms. The molecule has 1 rings (SSSR count). The number of pyridine rings is 1. The van der Waals surface area contributed by atoms with E-state index in [-0.39, 0.29) is 12.4 Å². The average Bonchev–Trinajstić information content (AvgIpc) is 2.05. The van der Waals surface area contributed by atoms with Gasteiger partial charge in [-0.1, -0.05) is 12.6 Å². The Balaban J connectivity index is 0.000001000. The predicted molar refractivity (Wildman–Crippen MR) is 41.5 cm³/mol. The van der Waals surface area contributed by atoms with Crippen molar-refractivity contribution >= 4 is 0 Å². The summed E-state index contributed by atoms with van der Waals surface area (Å²) in [6, 6.07) is 6.42. The van der Waals surface area contributed by atoms with Crippen LogP contribution in [0.1, 0.15) is 13.0 Å². The zero-order valence-corrected chi connectivity index (χ0v) is 7.33. The lowest BCUT2D eigenvalue weighted by Crippen LogP contribution is -3.00. The molecule has 0 amide bonds. The molecule has 2 heteroatoms. The third kappa shape index (κ3) is 2.72. The van der Waals surface area contributed by atoms with E-state index in [1.165, 1.54) is 0 Å². The number of rotatable bonds is 2. The van der Waals surface area contributed by atoms with Gasteiger partial charge in [-0.25, -0.2) is 0 Å². The maximum absolute atomic E-state index is 3.72. The van der Waals surface area contributed by atoms with Gasteiger partial charge in [-0.05, 0) is 6.08 Å². The lowest BCUT2D eigenvalue weighted by atomic mass is 10.3. The molecule has 0 fully saturated rings. The van der Waals surface area contributed by atoms with Crippen molar-refractivity contribution in [2.45, 2.75) is 13.0 Å². The van der Waals surface area contributed by atoms with E-state index < -0.39 is 0 Å². The number of allylic oxidation sites excluding steroid dienone is 1. The summed E-state index contributed by atoms with van der Waals surface area (Å²) in [5.74, 6) is 0. The van der Waals surface area contributed by atoms with E-state index in [9.17, 15) is 0 Å². The van der Waals surface area contributed by atoms with Crippen molar-refractivity contribution < 1.29 is 17.0 Å². The second-order valence-corrected chi connectivity index (χ2v) is 2.30. The van der Waals surface area contributed by atoms with E-state index in [0.717, 1.165) is 0 Å². The first-order valence-electron chi connectivity index (χ1n) is 3.43. The minimum atomic E-state index is 0. The van der Waals surface area contributed by atoms with E-state index in [4.69, 9.17) is 0 Å². The average molecular weight is 170 g/mol. The fourth-order valence-electron chi connectivity index (χ4n) is 0.805. The van der Waals surface area contributed by atoms with Crippen LogP contribution in [0.2, 0.25) is 0 Å². The van der Waals surface area contributed by atoms with Crippen molar-refractivity contribution in [1.29, 1.82) is 0 Å². The first kappa shape index (κ1) is 10.2. The van der Waals surface area contributed by atoms with Crippen LogP contribution in [0, 0.1) is 0 Å². The van der Waals surface area contributed by atoms with Gasteiger partial charge in [0.1, 0.15) is 0 Å². The van der Waals surface area contributed by atoms with Gasteiger partial charge >= 0.3 is 0 Å². The third-order valence-corrected chi connectivity index (χ3v) is 1.55. The molecule has 0 aliphatic carbocycles. The minimum Gasteiger partial charge on any atom is -1.00 e. The molecule has 11 heavy (non-hydrogen) atoms. The van der Waals surface area contributed by atoms with Crippen LogP contribution in [0.4, 0.5) is 0 Å². The molecule has 0 aliphatic rings. The van der Waals surface area contributed by atoms with Gasteiger partial charge in [0.25, 0.3) is 0 Å². The monoisotopic (exact) mass is 169 g/mol. The Morgan fingerprint density at radius 3 is 2.27 bits per heavy atom. The molecule has 0 saturated heterocycles. The number of nitrogens with zero attached hydrogens (tertiary/aromatic N) is 1. The van der Waals surface area contributed by atoms with Crippen LogP contribution in [0.5, 0.6) is 0 Å². The first-order chi connectivity index (χ1) is 4.84. The molecule has 60 valence electrons. The molecule has 0 spiro atoms. The van der Waals surface area contributed by atoms with Gasteiger partial charge in [0, 0.05) is 19.1 Å². The number of halogens is 1. The van der Waals surface area contributed by atoms with Crippen molar-refractivity contribution in [3.05, 3.63) is 43.2 Å². The van der Waals surface area contributed by atoms with E-state index >= 15 is 0 Å². The predicted octanol–water partition coefficient (Wildman–Crippen LogP) is -1.27. The Labute approximate surface area is 73.8 Å². The van der Waals surface area contributed by atoms with E-state index in [1.807, 2.05) is 36.7 Å². The molecule has 1 aromatic heterocycles. The van der Waals surface area contributed by atoms with Crippen molar-refractivity contribution in [3.8, 4) is 0 Å². The van der Waals surface area contributed by atoms with E-state index in [1.54, 1.807) is 0 Å². The first-order valence-corrected chi connectivity index (χ1v) is 3.43. The quantitative estimate of drug-likeness (QED) is 0.384. The van der Waals surface area contributed by atoms with Crippen LogP contribution in [0.25, 0.3) is 0 Å². The zero-order chi connectivity index (χ0) is 7.40. The standard InChI is InChI=1S/C9H12N.ClH/c1-3-9(2)10-7-5-4-6-8-10;/h3-9H,1H2,2H3;1H/q+1;/p-1. The highest BCUT2D eigenvalue weighted by Gasteiger charge is 2.03. The van der Waals surface area contributed by atoms with E-state index in [0.29, 0.717) is 6.04 Å². The molecule has 0 radical (unpaired) electrons. The normalized spacial score (nSPS) is 11.4. The largest absolute Gasteiger partial charge is 1.00 e. The Hall–Kier alpha value is -0.820. The summed E-state index contributed by atoms with van der Waals surface area (Å²) in [5, 5.41) is 0. The SMILES string of the molecule is C=CC(C)[n+]1ccccc1.[Cl-]. The van der Waals surface area contributed by atoms with Gasteiger partial charge in [-0.15, -0.1) is 0 Å². The molecular weight excluding hydrogens is 158 g/mol. The Morgan fingerprint density at radius 2 is 1.82 bits per heavy atom. The summed E-state index contributed by atoms with van der Waals surface area (Å²) in [6.45, 7) is 5.82. The summed E-state index contributed by atoms with van der Waals surface area (Å²) in [4.78, 5) is 0. The maximum atomic E-state index is 3.72. The van der Waals surface area contributed by atoms with Crippen molar-refractivity contribution in [2.24, 2.45) is 0 Å². The van der Waals surface area contributed by atoms with Gasteiger partial charge in [0.2, 0.25) is 0 Å². The maximum Gasteiger partial charge on any atom is 0.173 e. The van der Waals surface area contributed by atoms with Crippen LogP contribution in [0.15, 0.2) is 43.2 Å². The third-order valence-electron chi connectivity index (χ3n) is 1.55. The minimum absolute atomic E-state index is 0.